The Balaban J connectivity index is 0.00000280. The molecule has 1 aliphatic rings. The summed E-state index contributed by atoms with van der Waals surface area (Å²) in [6, 6.07) is 11.4. The molecule has 8 heteroatoms. The lowest BCUT2D eigenvalue weighted by molar-refractivity contribution is -0.123. The van der Waals surface area contributed by atoms with Crippen LogP contribution < -0.4 is 20.7 Å². The Morgan fingerprint density at radius 2 is 2.00 bits per heavy atom. The van der Waals surface area contributed by atoms with Crippen LogP contribution in [0.1, 0.15) is 28.5 Å². The number of halogens is 1. The molecule has 3 rings (SSSR count). The Hall–Kier alpha value is -2.64. The van der Waals surface area contributed by atoms with E-state index >= 15 is 0 Å². The second-order valence-electron chi connectivity index (χ2n) is 6.34. The molecule has 1 amide bonds. The third-order valence-electron chi connectivity index (χ3n) is 4.36. The molecule has 1 atom stereocenters. The first-order valence-electron chi connectivity index (χ1n) is 9.04. The molecule has 2 aromatic rings. The number of nitrogens with one attached hydrogen (secondary N) is 3. The minimum atomic E-state index is -0.803. The molecule has 1 unspecified atom stereocenters. The lowest BCUT2D eigenvalue weighted by atomic mass is 9.95. The maximum atomic E-state index is 12.7. The van der Waals surface area contributed by atoms with E-state index in [0.29, 0.717) is 24.7 Å². The van der Waals surface area contributed by atoms with Crippen molar-refractivity contribution >= 4 is 29.8 Å². The first-order chi connectivity index (χ1) is 13.1. The van der Waals surface area contributed by atoms with E-state index in [9.17, 15) is 9.59 Å². The number of nitrogens with zero attached hydrogens (tertiary/aromatic N) is 1. The second-order valence-corrected chi connectivity index (χ2v) is 6.34. The molecule has 7 nitrogen and oxygen atoms in total. The minimum Gasteiger partial charge on any atom is -0.478 e. The maximum Gasteiger partial charge on any atom is 0.233 e. The number of hydrogen-bond donors (Lipinski definition) is 3. The van der Waals surface area contributed by atoms with Crippen LogP contribution in [0.3, 0.4) is 0 Å². The zero-order chi connectivity index (χ0) is 19.2. The molecule has 1 aromatic heterocycles. The van der Waals surface area contributed by atoms with Crippen LogP contribution in [0.15, 0.2) is 36.4 Å². The number of amides is 1. The summed E-state index contributed by atoms with van der Waals surface area (Å²) in [6.45, 7) is 3.71. The van der Waals surface area contributed by atoms with Crippen molar-refractivity contribution in [1.29, 1.82) is 0 Å². The standard InChI is InChI=1S/C20H24N4O3.ClH/c1-3-27-17-8-7-16-18(24-17)19(25)15(12-22-16)20(26)23-11-14-6-4-5-13(9-14)10-21-2;/h4-9,15,21-22H,3,10-12H2,1-2H3,(H,23,26);1H. The van der Waals surface area contributed by atoms with Gasteiger partial charge in [0, 0.05) is 25.7 Å². The van der Waals surface area contributed by atoms with E-state index in [1.165, 1.54) is 0 Å². The number of ether oxygens (including phenoxy) is 1. The number of fused-ring (bicyclic) bond motifs is 1. The lowest BCUT2D eigenvalue weighted by Gasteiger charge is -2.23. The van der Waals surface area contributed by atoms with Crippen molar-refractivity contribution in [1.82, 2.24) is 15.6 Å². The van der Waals surface area contributed by atoms with Crippen LogP contribution in [0.4, 0.5) is 5.69 Å². The Morgan fingerprint density at radius 1 is 1.25 bits per heavy atom. The molecular formula is C20H25ClN4O3. The zero-order valence-electron chi connectivity index (χ0n) is 16.0. The van der Waals surface area contributed by atoms with E-state index in [4.69, 9.17) is 4.74 Å². The van der Waals surface area contributed by atoms with Gasteiger partial charge in [-0.05, 0) is 31.2 Å². The summed E-state index contributed by atoms with van der Waals surface area (Å²) in [5.41, 5.74) is 3.02. The van der Waals surface area contributed by atoms with Gasteiger partial charge in [-0.2, -0.15) is 0 Å². The SMILES string of the molecule is CCOc1ccc2c(n1)C(=O)C(C(=O)NCc1cccc(CNC)c1)CN2.Cl. The Bertz CT molecular complexity index is 844. The average molecular weight is 405 g/mol. The molecule has 0 aliphatic carbocycles. The second kappa shape index (κ2) is 10.1. The van der Waals surface area contributed by atoms with Crippen LogP contribution in [0.25, 0.3) is 0 Å². The van der Waals surface area contributed by atoms with Gasteiger partial charge in [0.2, 0.25) is 11.8 Å². The van der Waals surface area contributed by atoms with Crippen LogP contribution in [0.2, 0.25) is 0 Å². The van der Waals surface area contributed by atoms with Crippen molar-refractivity contribution in [2.24, 2.45) is 5.92 Å². The van der Waals surface area contributed by atoms with Crippen molar-refractivity contribution in [2.45, 2.75) is 20.0 Å². The Labute approximate surface area is 170 Å². The van der Waals surface area contributed by atoms with Crippen molar-refractivity contribution in [2.75, 3.05) is 25.5 Å². The molecule has 3 N–H and O–H groups in total. The van der Waals surface area contributed by atoms with Crippen LogP contribution in [-0.4, -0.2) is 36.9 Å². The summed E-state index contributed by atoms with van der Waals surface area (Å²) < 4.78 is 5.36. The minimum absolute atomic E-state index is 0. The predicted molar refractivity (Wildman–Crippen MR) is 110 cm³/mol. The van der Waals surface area contributed by atoms with E-state index in [2.05, 4.69) is 20.9 Å². The molecule has 0 fully saturated rings. The topological polar surface area (TPSA) is 92.3 Å². The largest absolute Gasteiger partial charge is 0.478 e. The highest BCUT2D eigenvalue weighted by Crippen LogP contribution is 2.25. The number of carbonyl (C=O) groups excluding carboxylic acids is 2. The van der Waals surface area contributed by atoms with E-state index < -0.39 is 5.92 Å². The summed E-state index contributed by atoms with van der Waals surface area (Å²) in [4.78, 5) is 29.6. The number of hydrogen-bond acceptors (Lipinski definition) is 6. The predicted octanol–water partition coefficient (Wildman–Crippen LogP) is 2.16. The molecule has 0 radical (unpaired) electrons. The van der Waals surface area contributed by atoms with Crippen LogP contribution in [-0.2, 0) is 17.9 Å². The lowest BCUT2D eigenvalue weighted by Crippen LogP contribution is -2.42. The number of Topliss-reactive ketones (excluding diaryl/α,β-unsaturated/α-hetero) is 1. The van der Waals surface area contributed by atoms with Gasteiger partial charge in [0.05, 0.1) is 12.3 Å². The van der Waals surface area contributed by atoms with Gasteiger partial charge in [-0.1, -0.05) is 24.3 Å². The highest BCUT2D eigenvalue weighted by molar-refractivity contribution is 6.13. The van der Waals surface area contributed by atoms with Gasteiger partial charge in [-0.25, -0.2) is 4.98 Å². The maximum absolute atomic E-state index is 12.7. The fraction of sp³-hybridized carbons (Fsp3) is 0.350. The first-order valence-corrected chi connectivity index (χ1v) is 9.04. The van der Waals surface area contributed by atoms with Gasteiger partial charge in [0.1, 0.15) is 11.6 Å². The summed E-state index contributed by atoms with van der Waals surface area (Å²) in [5, 5.41) is 9.07. The van der Waals surface area contributed by atoms with Crippen molar-refractivity contribution in [3.63, 3.8) is 0 Å². The fourth-order valence-corrected chi connectivity index (χ4v) is 3.05. The fourth-order valence-electron chi connectivity index (χ4n) is 3.05. The number of anilines is 1. The highest BCUT2D eigenvalue weighted by atomic mass is 35.5. The first kappa shape index (κ1) is 21.7. The summed E-state index contributed by atoms with van der Waals surface area (Å²) in [6.07, 6.45) is 0. The summed E-state index contributed by atoms with van der Waals surface area (Å²) in [5.74, 6) is -1.01. The number of carbonyl (C=O) groups is 2. The van der Waals surface area contributed by atoms with Crippen molar-refractivity contribution < 1.29 is 14.3 Å². The molecule has 150 valence electrons. The van der Waals surface area contributed by atoms with Crippen LogP contribution in [0, 0.1) is 5.92 Å². The van der Waals surface area contributed by atoms with Gasteiger partial charge < -0.3 is 20.7 Å². The normalized spacial score (nSPS) is 15.1. The molecule has 0 saturated carbocycles. The number of aromatic nitrogens is 1. The number of pyridine rings is 1. The molecule has 28 heavy (non-hydrogen) atoms. The van der Waals surface area contributed by atoms with E-state index in [1.807, 2.05) is 38.2 Å². The smallest absolute Gasteiger partial charge is 0.233 e. The van der Waals surface area contributed by atoms with E-state index in [0.717, 1.165) is 17.7 Å². The summed E-state index contributed by atoms with van der Waals surface area (Å²) >= 11 is 0. The average Bonchev–Trinajstić information content (AvgIpc) is 2.68. The third-order valence-corrected chi connectivity index (χ3v) is 4.36. The van der Waals surface area contributed by atoms with Gasteiger partial charge >= 0.3 is 0 Å². The number of ketones is 1. The Morgan fingerprint density at radius 3 is 2.71 bits per heavy atom. The molecule has 0 saturated heterocycles. The van der Waals surface area contributed by atoms with Crippen LogP contribution >= 0.6 is 12.4 Å². The molecule has 2 heterocycles. The number of benzene rings is 1. The van der Waals surface area contributed by atoms with Gasteiger partial charge in [0.25, 0.3) is 0 Å². The third kappa shape index (κ3) is 4.99. The molecule has 0 bridgehead atoms. The summed E-state index contributed by atoms with van der Waals surface area (Å²) in [7, 11) is 1.89. The van der Waals surface area contributed by atoms with E-state index in [-0.39, 0.29) is 36.3 Å². The van der Waals surface area contributed by atoms with E-state index in [1.54, 1.807) is 12.1 Å². The number of rotatable bonds is 7. The van der Waals surface area contributed by atoms with Crippen molar-refractivity contribution in [3.05, 3.63) is 53.2 Å². The molecule has 0 spiro atoms. The molecule has 1 aliphatic heterocycles. The highest BCUT2D eigenvalue weighted by Gasteiger charge is 2.34. The zero-order valence-corrected chi connectivity index (χ0v) is 16.8. The molecule has 1 aromatic carbocycles. The van der Waals surface area contributed by atoms with Crippen LogP contribution in [0.5, 0.6) is 5.88 Å². The molecular weight excluding hydrogens is 380 g/mol. The van der Waals surface area contributed by atoms with Crippen molar-refractivity contribution in [3.8, 4) is 5.88 Å². The quantitative estimate of drug-likeness (QED) is 0.612. The Kier molecular flexibility index (Phi) is 7.78. The van der Waals surface area contributed by atoms with Gasteiger partial charge in [-0.3, -0.25) is 9.59 Å². The van der Waals surface area contributed by atoms with Gasteiger partial charge in [0.15, 0.2) is 5.78 Å². The monoisotopic (exact) mass is 404 g/mol. The van der Waals surface area contributed by atoms with Gasteiger partial charge in [-0.15, -0.1) is 12.4 Å².